The third-order valence-electron chi connectivity index (χ3n) is 4.15. The van der Waals surface area contributed by atoms with Gasteiger partial charge >= 0.3 is 0 Å². The van der Waals surface area contributed by atoms with E-state index in [2.05, 4.69) is 13.8 Å². The Bertz CT molecular complexity index is 489. The molecule has 0 saturated heterocycles. The van der Waals surface area contributed by atoms with Gasteiger partial charge in [0.2, 0.25) is 0 Å². The molecule has 104 valence electrons. The molecule has 1 fully saturated rings. The van der Waals surface area contributed by atoms with Crippen molar-refractivity contribution in [3.8, 4) is 0 Å². The van der Waals surface area contributed by atoms with Gasteiger partial charge in [-0.25, -0.2) is 0 Å². The van der Waals surface area contributed by atoms with Crippen molar-refractivity contribution < 1.29 is 9.90 Å². The normalized spacial score (nSPS) is 31.8. The number of halogens is 1. The Morgan fingerprint density at radius 3 is 2.63 bits per heavy atom. The third kappa shape index (κ3) is 2.55. The highest BCUT2D eigenvalue weighted by Crippen LogP contribution is 2.41. The van der Waals surface area contributed by atoms with Gasteiger partial charge in [0.05, 0.1) is 0 Å². The zero-order valence-electron chi connectivity index (χ0n) is 11.3. The molecule has 1 aromatic rings. The summed E-state index contributed by atoms with van der Waals surface area (Å²) in [5.41, 5.74) is 5.79. The van der Waals surface area contributed by atoms with Gasteiger partial charge < -0.3 is 10.8 Å². The Morgan fingerprint density at radius 2 is 2.05 bits per heavy atom. The van der Waals surface area contributed by atoms with Crippen molar-refractivity contribution in [3.63, 3.8) is 0 Å². The van der Waals surface area contributed by atoms with Crippen molar-refractivity contribution in [1.29, 1.82) is 0 Å². The number of nitrogens with two attached hydrogens (primary N) is 1. The number of hydrogen-bond acceptors (Lipinski definition) is 3. The molecule has 3 N–H and O–H groups in total. The zero-order valence-corrected chi connectivity index (χ0v) is 12.0. The molecule has 19 heavy (non-hydrogen) atoms. The molecular weight excluding hydrogens is 262 g/mol. The number of benzene rings is 1. The Labute approximate surface area is 118 Å². The molecule has 0 aromatic heterocycles. The Hall–Kier alpha value is -0.900. The molecule has 0 aliphatic heterocycles. The minimum absolute atomic E-state index is 0.217. The summed E-state index contributed by atoms with van der Waals surface area (Å²) in [6.07, 6.45) is 0.0203. The van der Waals surface area contributed by atoms with E-state index < -0.39 is 11.6 Å². The van der Waals surface area contributed by atoms with E-state index in [1.165, 1.54) is 0 Å². The molecule has 0 unspecified atom stereocenters. The average molecular weight is 282 g/mol. The summed E-state index contributed by atoms with van der Waals surface area (Å²) in [4.78, 5) is 12.3. The summed E-state index contributed by atoms with van der Waals surface area (Å²) < 4.78 is 0. The van der Waals surface area contributed by atoms with Gasteiger partial charge in [-0.05, 0) is 36.3 Å². The van der Waals surface area contributed by atoms with Gasteiger partial charge in [-0.15, -0.1) is 0 Å². The van der Waals surface area contributed by atoms with E-state index in [4.69, 9.17) is 17.3 Å². The second-order valence-corrected chi connectivity index (χ2v) is 6.18. The molecule has 0 amide bonds. The zero-order chi connectivity index (χ0) is 14.2. The molecule has 2 rings (SSSR count). The first-order valence-corrected chi connectivity index (χ1v) is 7.00. The van der Waals surface area contributed by atoms with Gasteiger partial charge in [0.15, 0.2) is 5.78 Å². The minimum atomic E-state index is -1.18. The molecular formula is C15H20ClNO2. The lowest BCUT2D eigenvalue weighted by atomic mass is 9.67. The van der Waals surface area contributed by atoms with Crippen molar-refractivity contribution in [2.24, 2.45) is 17.6 Å². The number of carbonyl (C=O) groups excluding carboxylic acids is 1. The van der Waals surface area contributed by atoms with Crippen molar-refractivity contribution >= 4 is 17.4 Å². The van der Waals surface area contributed by atoms with Crippen LogP contribution in [0.15, 0.2) is 24.3 Å². The summed E-state index contributed by atoms with van der Waals surface area (Å²) in [5, 5.41) is 10.5. The average Bonchev–Trinajstić information content (AvgIpc) is 2.35. The van der Waals surface area contributed by atoms with E-state index in [1.807, 2.05) is 6.07 Å². The number of carbonyl (C=O) groups is 1. The summed E-state index contributed by atoms with van der Waals surface area (Å²) in [5.74, 6) is 0.264. The number of rotatable bonds is 2. The monoisotopic (exact) mass is 281 g/mol. The number of ketones is 1. The number of hydrogen-bond donors (Lipinski definition) is 2. The number of aliphatic hydroxyl groups excluding tert-OH is 1. The fourth-order valence-corrected chi connectivity index (χ4v) is 3.17. The molecule has 0 radical (unpaired) electrons. The van der Waals surface area contributed by atoms with Gasteiger partial charge in [0.1, 0.15) is 11.6 Å². The van der Waals surface area contributed by atoms with Crippen LogP contribution in [0.25, 0.3) is 0 Å². The predicted octanol–water partition coefficient (Wildman–Crippen LogP) is 2.49. The summed E-state index contributed by atoms with van der Waals surface area (Å²) >= 11 is 6.17. The Kier molecular flexibility index (Phi) is 4.00. The molecule has 0 bridgehead atoms. The molecule has 1 saturated carbocycles. The maximum Gasteiger partial charge on any atom is 0.185 e. The predicted molar refractivity (Wildman–Crippen MR) is 75.9 cm³/mol. The van der Waals surface area contributed by atoms with Gasteiger partial charge in [-0.3, -0.25) is 4.79 Å². The minimum Gasteiger partial charge on any atom is -0.385 e. The number of aliphatic hydroxyl groups is 1. The summed E-state index contributed by atoms with van der Waals surface area (Å²) in [6, 6.07) is 7.12. The lowest BCUT2D eigenvalue weighted by Crippen LogP contribution is -2.55. The molecule has 0 heterocycles. The van der Waals surface area contributed by atoms with Crippen molar-refractivity contribution in [1.82, 2.24) is 0 Å². The highest BCUT2D eigenvalue weighted by Gasteiger charge is 2.47. The van der Waals surface area contributed by atoms with Crippen molar-refractivity contribution in [2.45, 2.75) is 38.3 Å². The second kappa shape index (κ2) is 5.23. The van der Waals surface area contributed by atoms with Crippen LogP contribution in [0.5, 0.6) is 0 Å². The fourth-order valence-electron chi connectivity index (χ4n) is 2.86. The van der Waals surface area contributed by atoms with E-state index in [0.717, 1.165) is 0 Å². The van der Waals surface area contributed by atoms with Crippen LogP contribution in [0.2, 0.25) is 5.02 Å². The topological polar surface area (TPSA) is 63.3 Å². The fraction of sp³-hybridized carbons (Fsp3) is 0.533. The van der Waals surface area contributed by atoms with Crippen LogP contribution < -0.4 is 5.73 Å². The second-order valence-electron chi connectivity index (χ2n) is 5.78. The molecule has 3 atom stereocenters. The SMILES string of the molecule is CC(C)[C@@H]1C[C@@H](O)C(=O)[C@](N)(c2ccccc2Cl)C1. The highest BCUT2D eigenvalue weighted by atomic mass is 35.5. The van der Waals surface area contributed by atoms with Crippen molar-refractivity contribution in [3.05, 3.63) is 34.9 Å². The van der Waals surface area contributed by atoms with Gasteiger partial charge in [0.25, 0.3) is 0 Å². The maximum atomic E-state index is 12.3. The van der Waals surface area contributed by atoms with E-state index in [0.29, 0.717) is 29.3 Å². The Morgan fingerprint density at radius 1 is 1.42 bits per heavy atom. The quantitative estimate of drug-likeness (QED) is 0.875. The maximum absolute atomic E-state index is 12.3. The molecule has 3 nitrogen and oxygen atoms in total. The summed E-state index contributed by atoms with van der Waals surface area (Å²) in [7, 11) is 0. The first-order chi connectivity index (χ1) is 8.86. The van der Waals surface area contributed by atoms with E-state index in [9.17, 15) is 9.90 Å². The number of Topliss-reactive ketones (excluding diaryl/α,β-unsaturated/α-hetero) is 1. The van der Waals surface area contributed by atoms with Crippen LogP contribution in [0, 0.1) is 11.8 Å². The first kappa shape index (κ1) is 14.5. The van der Waals surface area contributed by atoms with Crippen LogP contribution in [-0.2, 0) is 10.3 Å². The van der Waals surface area contributed by atoms with Crippen molar-refractivity contribution in [2.75, 3.05) is 0 Å². The molecule has 1 aliphatic rings. The van der Waals surface area contributed by atoms with E-state index in [-0.39, 0.29) is 11.7 Å². The smallest absolute Gasteiger partial charge is 0.185 e. The molecule has 4 heteroatoms. The van der Waals surface area contributed by atoms with Gasteiger partial charge in [-0.2, -0.15) is 0 Å². The Balaban J connectivity index is 2.44. The largest absolute Gasteiger partial charge is 0.385 e. The van der Waals surface area contributed by atoms with E-state index >= 15 is 0 Å². The van der Waals surface area contributed by atoms with Gasteiger partial charge in [0, 0.05) is 5.02 Å². The summed E-state index contributed by atoms with van der Waals surface area (Å²) in [6.45, 7) is 4.17. The van der Waals surface area contributed by atoms with Crippen LogP contribution in [-0.4, -0.2) is 17.0 Å². The van der Waals surface area contributed by atoms with Gasteiger partial charge in [-0.1, -0.05) is 43.6 Å². The van der Waals surface area contributed by atoms with Crippen LogP contribution >= 0.6 is 11.6 Å². The van der Waals surface area contributed by atoms with Crippen LogP contribution in [0.4, 0.5) is 0 Å². The van der Waals surface area contributed by atoms with Crippen LogP contribution in [0.3, 0.4) is 0 Å². The first-order valence-electron chi connectivity index (χ1n) is 6.62. The standard InChI is InChI=1S/C15H20ClNO2/c1-9(2)10-7-13(18)14(19)15(17,8-10)11-5-3-4-6-12(11)16/h3-6,9-10,13,18H,7-8,17H2,1-2H3/t10-,13-,15-/m1/s1. The lowest BCUT2D eigenvalue weighted by molar-refractivity contribution is -0.138. The van der Waals surface area contributed by atoms with E-state index in [1.54, 1.807) is 18.2 Å². The van der Waals surface area contributed by atoms with Crippen LogP contribution in [0.1, 0.15) is 32.3 Å². The molecule has 1 aromatic carbocycles. The lowest BCUT2D eigenvalue weighted by Gasteiger charge is -2.41. The molecule has 0 spiro atoms. The third-order valence-corrected chi connectivity index (χ3v) is 4.48. The molecule has 1 aliphatic carbocycles. The highest BCUT2D eigenvalue weighted by molar-refractivity contribution is 6.31.